The van der Waals surface area contributed by atoms with E-state index >= 15 is 0 Å². The van der Waals surface area contributed by atoms with Gasteiger partial charge in [-0.1, -0.05) is 24.1 Å². The van der Waals surface area contributed by atoms with Gasteiger partial charge in [-0.3, -0.25) is 9.59 Å². The minimum atomic E-state index is -4.25. The van der Waals surface area contributed by atoms with Gasteiger partial charge in [0.25, 0.3) is 5.91 Å². The minimum Gasteiger partial charge on any atom is -0.481 e. The van der Waals surface area contributed by atoms with Gasteiger partial charge in [-0.25, -0.2) is 8.42 Å². The summed E-state index contributed by atoms with van der Waals surface area (Å²) < 4.78 is 38.6. The van der Waals surface area contributed by atoms with E-state index in [1.54, 1.807) is 31.2 Å². The Balaban J connectivity index is 1.72. The number of furan rings is 1. The molecule has 0 radical (unpaired) electrons. The summed E-state index contributed by atoms with van der Waals surface area (Å²) in [6.45, 7) is 1.23. The third-order valence-corrected chi connectivity index (χ3v) is 7.40. The number of carboxylic acids is 1. The van der Waals surface area contributed by atoms with Gasteiger partial charge in [0.1, 0.15) is 24.7 Å². The van der Waals surface area contributed by atoms with E-state index in [0.717, 1.165) is 4.31 Å². The van der Waals surface area contributed by atoms with Gasteiger partial charge in [0.05, 0.1) is 23.3 Å². The van der Waals surface area contributed by atoms with Crippen molar-refractivity contribution in [1.29, 1.82) is 0 Å². The highest BCUT2D eigenvalue weighted by atomic mass is 32.2. The van der Waals surface area contributed by atoms with E-state index in [0.29, 0.717) is 17.0 Å². The Kier molecular flexibility index (Phi) is 6.91. The molecule has 0 saturated heterocycles. The molecule has 0 bridgehead atoms. The molecule has 1 aliphatic heterocycles. The summed E-state index contributed by atoms with van der Waals surface area (Å²) >= 11 is 0. The van der Waals surface area contributed by atoms with Crippen molar-refractivity contribution < 1.29 is 32.3 Å². The van der Waals surface area contributed by atoms with Gasteiger partial charge in [-0.2, -0.15) is 4.31 Å². The average Bonchev–Trinajstić information content (AvgIpc) is 3.33. The summed E-state index contributed by atoms with van der Waals surface area (Å²) in [7, 11) is -4.25. The fraction of sp³-hybridized carbons (Fsp3) is 0.200. The van der Waals surface area contributed by atoms with Crippen LogP contribution in [0.3, 0.4) is 0 Å². The second-order valence-corrected chi connectivity index (χ2v) is 9.54. The Morgan fingerprint density at radius 1 is 1.14 bits per heavy atom. The number of fused-ring (bicyclic) bond motifs is 1. The van der Waals surface area contributed by atoms with Crippen LogP contribution in [0.25, 0.3) is 0 Å². The molecule has 1 aliphatic rings. The summed E-state index contributed by atoms with van der Waals surface area (Å²) in [5, 5.41) is 10.0. The maximum Gasteiger partial charge on any atom is 0.323 e. The Morgan fingerprint density at radius 2 is 1.89 bits per heavy atom. The van der Waals surface area contributed by atoms with Crippen molar-refractivity contribution in [3.05, 3.63) is 78.3 Å². The Morgan fingerprint density at radius 3 is 2.54 bits per heavy atom. The topological polar surface area (TPSA) is 117 Å². The van der Waals surface area contributed by atoms with Crippen LogP contribution in [-0.2, 0) is 21.4 Å². The lowest BCUT2D eigenvalue weighted by Crippen LogP contribution is -2.50. The quantitative estimate of drug-likeness (QED) is 0.524. The van der Waals surface area contributed by atoms with Gasteiger partial charge < -0.3 is 19.2 Å². The maximum absolute atomic E-state index is 13.6. The molecule has 4 rings (SSSR count). The molecule has 1 aromatic heterocycles. The zero-order valence-electron chi connectivity index (χ0n) is 18.7. The Bertz CT molecular complexity index is 1390. The van der Waals surface area contributed by atoms with E-state index in [4.69, 9.17) is 9.15 Å². The second kappa shape index (κ2) is 10.0. The van der Waals surface area contributed by atoms with E-state index in [9.17, 15) is 23.1 Å². The monoisotopic (exact) mass is 494 g/mol. The number of amides is 1. The standard InChI is InChI=1S/C25H22N2O7S/c1-2-3-13-34-20-8-10-21(11-9-20)35(31,32)27-15-18-6-4-5-7-22(18)26(16-23(27)25(29)30)24(28)19-12-14-33-17-19/h4-12,14,17,23H,13,15-16H2,1H3,(H,29,30). The molecule has 9 nitrogen and oxygen atoms in total. The molecule has 10 heteroatoms. The first-order valence-electron chi connectivity index (χ1n) is 10.6. The van der Waals surface area contributed by atoms with Gasteiger partial charge >= 0.3 is 5.97 Å². The molecule has 0 spiro atoms. The normalized spacial score (nSPS) is 15.9. The van der Waals surface area contributed by atoms with Crippen molar-refractivity contribution in [1.82, 2.24) is 4.31 Å². The van der Waals surface area contributed by atoms with Gasteiger partial charge in [0.15, 0.2) is 0 Å². The van der Waals surface area contributed by atoms with Crippen molar-refractivity contribution in [2.75, 3.05) is 18.1 Å². The molecule has 0 saturated carbocycles. The highest BCUT2D eigenvalue weighted by Crippen LogP contribution is 2.32. The number of rotatable bonds is 6. The van der Waals surface area contributed by atoms with E-state index < -0.39 is 27.9 Å². The molecule has 1 atom stereocenters. The van der Waals surface area contributed by atoms with Crippen molar-refractivity contribution in [2.24, 2.45) is 0 Å². The number of hydrogen-bond donors (Lipinski definition) is 1. The van der Waals surface area contributed by atoms with Crippen LogP contribution < -0.4 is 9.64 Å². The zero-order chi connectivity index (χ0) is 25.0. The van der Waals surface area contributed by atoms with Crippen LogP contribution >= 0.6 is 0 Å². The van der Waals surface area contributed by atoms with Crippen LogP contribution in [0.15, 0.2) is 76.4 Å². The number of carbonyl (C=O) groups is 2. The molecule has 0 aliphatic carbocycles. The average molecular weight is 495 g/mol. The van der Waals surface area contributed by atoms with E-state index in [-0.39, 0.29) is 30.2 Å². The first kappa shape index (κ1) is 24.1. The summed E-state index contributed by atoms with van der Waals surface area (Å²) in [5.74, 6) is 4.02. The summed E-state index contributed by atoms with van der Waals surface area (Å²) in [5.41, 5.74) is 1.15. The molecular formula is C25H22N2O7S. The SMILES string of the molecule is CC#CCOc1ccc(S(=O)(=O)N2Cc3ccccc3N(C(=O)c3ccoc3)CC2C(=O)O)cc1. The first-order valence-corrected chi connectivity index (χ1v) is 12.1. The van der Waals surface area contributed by atoms with Crippen LogP contribution in [0.4, 0.5) is 5.69 Å². The number of para-hydroxylation sites is 1. The number of benzene rings is 2. The Labute approximate surface area is 202 Å². The lowest BCUT2D eigenvalue weighted by atomic mass is 10.1. The smallest absolute Gasteiger partial charge is 0.323 e. The fourth-order valence-electron chi connectivity index (χ4n) is 3.77. The first-order chi connectivity index (χ1) is 16.8. The van der Waals surface area contributed by atoms with Crippen LogP contribution in [0.5, 0.6) is 5.75 Å². The minimum absolute atomic E-state index is 0.0928. The summed E-state index contributed by atoms with van der Waals surface area (Å²) in [6.07, 6.45) is 2.60. The van der Waals surface area contributed by atoms with Gasteiger partial charge in [0, 0.05) is 12.2 Å². The molecule has 1 unspecified atom stereocenters. The highest BCUT2D eigenvalue weighted by Gasteiger charge is 2.41. The Hall–Kier alpha value is -4.07. The molecule has 35 heavy (non-hydrogen) atoms. The molecule has 3 aromatic rings. The van der Waals surface area contributed by atoms with Gasteiger partial charge in [-0.05, 0) is 48.9 Å². The molecule has 180 valence electrons. The third-order valence-electron chi connectivity index (χ3n) is 5.53. The number of ether oxygens (including phenoxy) is 1. The van der Waals surface area contributed by atoms with Crippen LogP contribution in [-0.4, -0.2) is 48.9 Å². The maximum atomic E-state index is 13.6. The molecule has 0 fully saturated rings. The second-order valence-electron chi connectivity index (χ2n) is 7.65. The van der Waals surface area contributed by atoms with Crippen molar-refractivity contribution in [3.63, 3.8) is 0 Å². The van der Waals surface area contributed by atoms with Crippen molar-refractivity contribution in [3.8, 4) is 17.6 Å². The highest BCUT2D eigenvalue weighted by molar-refractivity contribution is 7.89. The van der Waals surface area contributed by atoms with Gasteiger partial charge in [-0.15, -0.1) is 5.92 Å². The van der Waals surface area contributed by atoms with Crippen LogP contribution in [0.1, 0.15) is 22.8 Å². The number of hydrogen-bond acceptors (Lipinski definition) is 6. The lowest BCUT2D eigenvalue weighted by molar-refractivity contribution is -0.141. The van der Waals surface area contributed by atoms with Crippen LogP contribution in [0, 0.1) is 11.8 Å². The summed E-state index contributed by atoms with van der Waals surface area (Å²) in [4.78, 5) is 26.7. The van der Waals surface area contributed by atoms with Crippen molar-refractivity contribution >= 4 is 27.6 Å². The molecule has 1 amide bonds. The predicted octanol–water partition coefficient (Wildman–Crippen LogP) is 2.99. The predicted molar refractivity (Wildman–Crippen MR) is 126 cm³/mol. The van der Waals surface area contributed by atoms with Crippen molar-refractivity contribution in [2.45, 2.75) is 24.4 Å². The number of anilines is 1. The number of sulfonamides is 1. The molecular weight excluding hydrogens is 472 g/mol. The lowest BCUT2D eigenvalue weighted by Gasteiger charge is -2.28. The largest absolute Gasteiger partial charge is 0.481 e. The molecule has 1 N–H and O–H groups in total. The molecule has 2 aromatic carbocycles. The fourth-order valence-corrected chi connectivity index (χ4v) is 5.32. The van der Waals surface area contributed by atoms with E-state index in [1.807, 2.05) is 0 Å². The summed E-state index contributed by atoms with van der Waals surface area (Å²) in [6, 6.07) is 12.4. The number of aliphatic carboxylic acids is 1. The van der Waals surface area contributed by atoms with Gasteiger partial charge in [0.2, 0.25) is 10.0 Å². The number of nitrogens with zero attached hydrogens (tertiary/aromatic N) is 2. The van der Waals surface area contributed by atoms with E-state index in [2.05, 4.69) is 11.8 Å². The molecule has 2 heterocycles. The zero-order valence-corrected chi connectivity index (χ0v) is 19.6. The third kappa shape index (κ3) is 4.91. The number of carbonyl (C=O) groups excluding carboxylic acids is 1. The van der Waals surface area contributed by atoms with E-state index in [1.165, 1.54) is 47.8 Å². The van der Waals surface area contributed by atoms with Crippen LogP contribution in [0.2, 0.25) is 0 Å². The number of carboxylic acid groups (broad SMARTS) is 1.